The van der Waals surface area contributed by atoms with E-state index in [4.69, 9.17) is 0 Å². The number of nitrogens with zero attached hydrogens (tertiary/aromatic N) is 1. The van der Waals surface area contributed by atoms with Crippen molar-refractivity contribution < 1.29 is 0 Å². The SMILES string of the molecule is CN1CCC2CNCC2C1. The van der Waals surface area contributed by atoms with Crippen LogP contribution < -0.4 is 5.32 Å². The zero-order valence-electron chi connectivity index (χ0n) is 6.64. The quantitative estimate of drug-likeness (QED) is 0.515. The molecule has 10 heavy (non-hydrogen) atoms. The summed E-state index contributed by atoms with van der Waals surface area (Å²) in [6, 6.07) is 0. The van der Waals surface area contributed by atoms with Gasteiger partial charge in [0.15, 0.2) is 0 Å². The lowest BCUT2D eigenvalue weighted by molar-refractivity contribution is 0.178. The van der Waals surface area contributed by atoms with Gasteiger partial charge in [-0.3, -0.25) is 0 Å². The fourth-order valence-electron chi connectivity index (χ4n) is 2.22. The van der Waals surface area contributed by atoms with Gasteiger partial charge < -0.3 is 10.2 Å². The van der Waals surface area contributed by atoms with E-state index in [1.165, 1.54) is 32.6 Å². The Kier molecular flexibility index (Phi) is 1.66. The van der Waals surface area contributed by atoms with Crippen molar-refractivity contribution in [2.45, 2.75) is 6.42 Å². The predicted octanol–water partition coefficient (Wildman–Crippen LogP) is 0.158. The maximum absolute atomic E-state index is 3.46. The van der Waals surface area contributed by atoms with E-state index in [0.29, 0.717) is 0 Å². The van der Waals surface area contributed by atoms with E-state index < -0.39 is 0 Å². The molecule has 2 fully saturated rings. The van der Waals surface area contributed by atoms with Gasteiger partial charge in [0.25, 0.3) is 0 Å². The topological polar surface area (TPSA) is 15.3 Å². The van der Waals surface area contributed by atoms with Crippen LogP contribution in [0.3, 0.4) is 0 Å². The van der Waals surface area contributed by atoms with Crippen LogP contribution in [-0.4, -0.2) is 38.1 Å². The Labute approximate surface area is 62.6 Å². The molecule has 0 bridgehead atoms. The number of likely N-dealkylation sites (tertiary alicyclic amines) is 1. The average molecular weight is 140 g/mol. The van der Waals surface area contributed by atoms with Crippen LogP contribution in [0, 0.1) is 11.8 Å². The number of rotatable bonds is 0. The van der Waals surface area contributed by atoms with E-state index in [2.05, 4.69) is 17.3 Å². The zero-order valence-corrected chi connectivity index (χ0v) is 6.64. The van der Waals surface area contributed by atoms with E-state index in [0.717, 1.165) is 11.8 Å². The fourth-order valence-corrected chi connectivity index (χ4v) is 2.22. The van der Waals surface area contributed by atoms with Gasteiger partial charge >= 0.3 is 0 Å². The van der Waals surface area contributed by atoms with E-state index >= 15 is 0 Å². The van der Waals surface area contributed by atoms with E-state index in [9.17, 15) is 0 Å². The average Bonchev–Trinajstić information content (AvgIpc) is 2.33. The molecule has 2 aliphatic rings. The highest BCUT2D eigenvalue weighted by atomic mass is 15.1. The molecule has 2 heteroatoms. The van der Waals surface area contributed by atoms with Crippen LogP contribution in [0.4, 0.5) is 0 Å². The molecule has 0 saturated carbocycles. The Balaban J connectivity index is 1.96. The smallest absolute Gasteiger partial charge is 0.00219 e. The highest BCUT2D eigenvalue weighted by Crippen LogP contribution is 2.25. The summed E-state index contributed by atoms with van der Waals surface area (Å²) in [4.78, 5) is 2.45. The molecule has 0 amide bonds. The van der Waals surface area contributed by atoms with Gasteiger partial charge in [-0.25, -0.2) is 0 Å². The minimum absolute atomic E-state index is 0.957. The summed E-state index contributed by atoms with van der Waals surface area (Å²) in [5.41, 5.74) is 0. The van der Waals surface area contributed by atoms with Gasteiger partial charge in [0.1, 0.15) is 0 Å². The fraction of sp³-hybridized carbons (Fsp3) is 1.00. The zero-order chi connectivity index (χ0) is 6.97. The van der Waals surface area contributed by atoms with Crippen molar-refractivity contribution in [3.05, 3.63) is 0 Å². The van der Waals surface area contributed by atoms with Crippen LogP contribution in [0.15, 0.2) is 0 Å². The molecule has 1 N–H and O–H groups in total. The third-order valence-electron chi connectivity index (χ3n) is 2.91. The molecule has 2 unspecified atom stereocenters. The monoisotopic (exact) mass is 140 g/mol. The van der Waals surface area contributed by atoms with Crippen molar-refractivity contribution in [2.24, 2.45) is 11.8 Å². The highest BCUT2D eigenvalue weighted by Gasteiger charge is 2.30. The molecule has 0 radical (unpaired) electrons. The van der Waals surface area contributed by atoms with Crippen molar-refractivity contribution >= 4 is 0 Å². The van der Waals surface area contributed by atoms with Crippen LogP contribution in [0.2, 0.25) is 0 Å². The van der Waals surface area contributed by atoms with Crippen LogP contribution in [0.5, 0.6) is 0 Å². The first kappa shape index (κ1) is 6.62. The van der Waals surface area contributed by atoms with Gasteiger partial charge in [-0.15, -0.1) is 0 Å². The first-order chi connectivity index (χ1) is 4.86. The normalized spacial score (nSPS) is 41.7. The summed E-state index contributed by atoms with van der Waals surface area (Å²) in [7, 11) is 2.23. The molecule has 2 saturated heterocycles. The summed E-state index contributed by atoms with van der Waals surface area (Å²) in [6.07, 6.45) is 1.41. The van der Waals surface area contributed by atoms with Gasteiger partial charge in [0, 0.05) is 6.54 Å². The van der Waals surface area contributed by atoms with Gasteiger partial charge in [-0.05, 0) is 44.9 Å². The van der Waals surface area contributed by atoms with Gasteiger partial charge in [0.2, 0.25) is 0 Å². The summed E-state index contributed by atoms with van der Waals surface area (Å²) in [5.74, 6) is 1.95. The van der Waals surface area contributed by atoms with Crippen LogP contribution in [-0.2, 0) is 0 Å². The first-order valence-corrected chi connectivity index (χ1v) is 4.25. The van der Waals surface area contributed by atoms with E-state index in [1.54, 1.807) is 0 Å². The molecule has 0 spiro atoms. The molecule has 2 atom stereocenters. The third kappa shape index (κ3) is 1.06. The number of fused-ring (bicyclic) bond motifs is 1. The summed E-state index contributed by atoms with van der Waals surface area (Å²) >= 11 is 0. The van der Waals surface area contributed by atoms with Crippen LogP contribution in [0.1, 0.15) is 6.42 Å². The lowest BCUT2D eigenvalue weighted by Gasteiger charge is -2.31. The molecule has 0 aromatic carbocycles. The maximum atomic E-state index is 3.46. The molecule has 2 nitrogen and oxygen atoms in total. The standard InChI is InChI=1S/C8H16N2/c1-10-3-2-7-4-9-5-8(7)6-10/h7-9H,2-6H2,1H3. The van der Waals surface area contributed by atoms with E-state index in [-0.39, 0.29) is 0 Å². The van der Waals surface area contributed by atoms with Crippen molar-refractivity contribution in [3.8, 4) is 0 Å². The largest absolute Gasteiger partial charge is 0.316 e. The van der Waals surface area contributed by atoms with Crippen LogP contribution in [0.25, 0.3) is 0 Å². The number of hydrogen-bond acceptors (Lipinski definition) is 2. The summed E-state index contributed by atoms with van der Waals surface area (Å²) in [5, 5.41) is 3.46. The minimum atomic E-state index is 0.957. The number of nitrogens with one attached hydrogen (secondary N) is 1. The summed E-state index contributed by atoms with van der Waals surface area (Å²) in [6.45, 7) is 5.16. The molecular formula is C8H16N2. The molecule has 2 heterocycles. The molecule has 58 valence electrons. The highest BCUT2D eigenvalue weighted by molar-refractivity contribution is 4.86. The molecular weight excluding hydrogens is 124 g/mol. The summed E-state index contributed by atoms with van der Waals surface area (Å²) < 4.78 is 0. The molecule has 2 aliphatic heterocycles. The molecule has 0 aliphatic carbocycles. The van der Waals surface area contributed by atoms with Crippen molar-refractivity contribution in [1.82, 2.24) is 10.2 Å². The van der Waals surface area contributed by atoms with Crippen LogP contribution >= 0.6 is 0 Å². The van der Waals surface area contributed by atoms with Gasteiger partial charge in [0.05, 0.1) is 0 Å². The third-order valence-corrected chi connectivity index (χ3v) is 2.91. The first-order valence-electron chi connectivity index (χ1n) is 4.25. The lowest BCUT2D eigenvalue weighted by Crippen LogP contribution is -2.37. The second-order valence-corrected chi connectivity index (χ2v) is 3.73. The van der Waals surface area contributed by atoms with Crippen molar-refractivity contribution in [1.29, 1.82) is 0 Å². The molecule has 0 aromatic heterocycles. The predicted molar refractivity (Wildman–Crippen MR) is 42.0 cm³/mol. The second-order valence-electron chi connectivity index (χ2n) is 3.73. The minimum Gasteiger partial charge on any atom is -0.316 e. The molecule has 2 rings (SSSR count). The lowest BCUT2D eigenvalue weighted by atomic mass is 9.89. The molecule has 0 aromatic rings. The van der Waals surface area contributed by atoms with Gasteiger partial charge in [-0.2, -0.15) is 0 Å². The number of hydrogen-bond donors (Lipinski definition) is 1. The number of piperidine rings is 1. The Morgan fingerprint density at radius 1 is 1.30 bits per heavy atom. The van der Waals surface area contributed by atoms with E-state index in [1.807, 2.05) is 0 Å². The van der Waals surface area contributed by atoms with Gasteiger partial charge in [-0.1, -0.05) is 0 Å². The maximum Gasteiger partial charge on any atom is 0.00219 e. The second kappa shape index (κ2) is 2.51. The Bertz CT molecular complexity index is 124. The van der Waals surface area contributed by atoms with Crippen molar-refractivity contribution in [3.63, 3.8) is 0 Å². The Morgan fingerprint density at radius 2 is 2.10 bits per heavy atom. The Hall–Kier alpha value is -0.0800. The Morgan fingerprint density at radius 3 is 3.00 bits per heavy atom. The van der Waals surface area contributed by atoms with Crippen molar-refractivity contribution in [2.75, 3.05) is 33.2 Å².